The average Bonchev–Trinajstić information content (AvgIpc) is 2.51. The summed E-state index contributed by atoms with van der Waals surface area (Å²) in [4.78, 5) is 25.4. The third-order valence-corrected chi connectivity index (χ3v) is 4.39. The van der Waals surface area contributed by atoms with Crippen LogP contribution in [0.1, 0.15) is 6.92 Å². The average molecular weight is 415 g/mol. The zero-order valence-corrected chi connectivity index (χ0v) is 14.1. The Balaban J connectivity index is 2.11. The predicted octanol–water partition coefficient (Wildman–Crippen LogP) is 2.16. The van der Waals surface area contributed by atoms with Crippen LogP contribution in [0, 0.1) is 3.57 Å². The second-order valence-corrected chi connectivity index (χ2v) is 5.98. The second-order valence-electron chi connectivity index (χ2n) is 4.90. The summed E-state index contributed by atoms with van der Waals surface area (Å²) in [6.45, 7) is 3.89. The number of rotatable bonds is 2. The Labute approximate surface area is 140 Å². The lowest BCUT2D eigenvalue weighted by atomic mass is 10.2. The van der Waals surface area contributed by atoms with Crippen LogP contribution in [0.2, 0.25) is 0 Å². The summed E-state index contributed by atoms with van der Waals surface area (Å²) < 4.78 is 17.0. The summed E-state index contributed by atoms with van der Waals surface area (Å²) >= 11 is 2.02. The lowest BCUT2D eigenvalue weighted by molar-refractivity contribution is -0.131. The summed E-state index contributed by atoms with van der Waals surface area (Å²) in [5, 5.41) is 0.470. The van der Waals surface area contributed by atoms with Gasteiger partial charge in [-0.25, -0.2) is 0 Å². The van der Waals surface area contributed by atoms with Gasteiger partial charge in [-0.3, -0.25) is 9.59 Å². The number of carbonyl (C=O) groups is 1. The number of morpholine rings is 1. The van der Waals surface area contributed by atoms with Gasteiger partial charge in [0.25, 0.3) is 0 Å². The highest BCUT2D eigenvalue weighted by Gasteiger charge is 2.18. The van der Waals surface area contributed by atoms with Gasteiger partial charge in [0.2, 0.25) is 0 Å². The molecule has 6 nitrogen and oxygen atoms in total. The molecular formula is C15H14INO5. The zero-order valence-electron chi connectivity index (χ0n) is 11.9. The van der Waals surface area contributed by atoms with Crippen molar-refractivity contribution in [2.24, 2.45) is 0 Å². The van der Waals surface area contributed by atoms with E-state index in [1.807, 2.05) is 27.5 Å². The van der Waals surface area contributed by atoms with Crippen LogP contribution in [-0.4, -0.2) is 32.3 Å². The maximum Gasteiger partial charge on any atom is 0.308 e. The van der Waals surface area contributed by atoms with Gasteiger partial charge in [-0.05, 0) is 34.7 Å². The van der Waals surface area contributed by atoms with Gasteiger partial charge in [0.15, 0.2) is 16.9 Å². The summed E-state index contributed by atoms with van der Waals surface area (Å²) in [6, 6.07) is 4.72. The minimum atomic E-state index is -0.413. The Bertz CT molecular complexity index is 779. The number of hydrogen-bond donors (Lipinski definition) is 0. The lowest BCUT2D eigenvalue weighted by Gasteiger charge is -2.27. The van der Waals surface area contributed by atoms with Gasteiger partial charge in [0.1, 0.15) is 5.75 Å². The maximum atomic E-state index is 12.3. The van der Waals surface area contributed by atoms with Gasteiger partial charge in [0, 0.05) is 26.1 Å². The standard InChI is InChI=1S/C15H14INO5/c1-9(18)21-12-3-2-10-11(19)8-13(22-15(10)14(12)16)17-4-6-20-7-5-17/h2-3,8H,4-7H2,1H3. The van der Waals surface area contributed by atoms with Gasteiger partial charge in [-0.1, -0.05) is 0 Å². The number of fused-ring (bicyclic) bond motifs is 1. The van der Waals surface area contributed by atoms with Crippen LogP contribution in [0.5, 0.6) is 5.75 Å². The quantitative estimate of drug-likeness (QED) is 0.426. The van der Waals surface area contributed by atoms with E-state index in [-0.39, 0.29) is 5.43 Å². The van der Waals surface area contributed by atoms with Crippen molar-refractivity contribution in [1.82, 2.24) is 0 Å². The number of nitrogens with zero attached hydrogens (tertiary/aromatic N) is 1. The first-order valence-corrected chi connectivity index (χ1v) is 7.91. The van der Waals surface area contributed by atoms with Gasteiger partial charge in [-0.2, -0.15) is 0 Å². The van der Waals surface area contributed by atoms with E-state index in [9.17, 15) is 9.59 Å². The van der Waals surface area contributed by atoms with E-state index >= 15 is 0 Å². The molecule has 0 aliphatic carbocycles. The van der Waals surface area contributed by atoms with Crippen LogP contribution in [0.4, 0.5) is 5.88 Å². The Hall–Kier alpha value is -1.61. The van der Waals surface area contributed by atoms with E-state index in [4.69, 9.17) is 13.9 Å². The molecule has 1 aromatic carbocycles. The third kappa shape index (κ3) is 2.95. The van der Waals surface area contributed by atoms with E-state index in [0.717, 1.165) is 0 Å². The molecule has 22 heavy (non-hydrogen) atoms. The van der Waals surface area contributed by atoms with Gasteiger partial charge in [-0.15, -0.1) is 0 Å². The van der Waals surface area contributed by atoms with E-state index in [1.165, 1.54) is 13.0 Å². The molecule has 1 fully saturated rings. The Kier molecular flexibility index (Phi) is 4.34. The number of carbonyl (C=O) groups excluding carboxylic acids is 1. The monoisotopic (exact) mass is 415 g/mol. The van der Waals surface area contributed by atoms with Crippen LogP contribution in [-0.2, 0) is 9.53 Å². The van der Waals surface area contributed by atoms with Crippen molar-refractivity contribution in [2.75, 3.05) is 31.2 Å². The molecule has 2 aromatic rings. The SMILES string of the molecule is CC(=O)Oc1ccc2c(=O)cc(N3CCOCC3)oc2c1I. The minimum absolute atomic E-state index is 0.116. The van der Waals surface area contributed by atoms with Crippen molar-refractivity contribution in [3.05, 3.63) is 32.0 Å². The molecule has 0 unspecified atom stereocenters. The molecule has 116 valence electrons. The lowest BCUT2D eigenvalue weighted by Crippen LogP contribution is -2.36. The van der Waals surface area contributed by atoms with Crippen LogP contribution >= 0.6 is 22.6 Å². The summed E-state index contributed by atoms with van der Waals surface area (Å²) in [5.74, 6) is 0.491. The van der Waals surface area contributed by atoms with E-state index in [2.05, 4.69) is 0 Å². The largest absolute Gasteiger partial charge is 0.439 e. The van der Waals surface area contributed by atoms with Crippen molar-refractivity contribution in [3.63, 3.8) is 0 Å². The van der Waals surface area contributed by atoms with Crippen LogP contribution in [0.3, 0.4) is 0 Å². The third-order valence-electron chi connectivity index (χ3n) is 3.36. The predicted molar refractivity (Wildman–Crippen MR) is 89.5 cm³/mol. The van der Waals surface area contributed by atoms with Crippen molar-refractivity contribution < 1.29 is 18.7 Å². The maximum absolute atomic E-state index is 12.3. The van der Waals surface area contributed by atoms with Gasteiger partial charge in [0.05, 0.1) is 22.2 Å². The highest BCUT2D eigenvalue weighted by Crippen LogP contribution is 2.30. The molecule has 1 saturated heterocycles. The highest BCUT2D eigenvalue weighted by atomic mass is 127. The summed E-state index contributed by atoms with van der Waals surface area (Å²) in [7, 11) is 0. The minimum Gasteiger partial charge on any atom is -0.439 e. The van der Waals surface area contributed by atoms with Crippen LogP contribution in [0.15, 0.2) is 27.4 Å². The number of esters is 1. The summed E-state index contributed by atoms with van der Waals surface area (Å²) in [5.41, 5.74) is 0.323. The first-order valence-electron chi connectivity index (χ1n) is 6.84. The molecule has 0 amide bonds. The molecule has 0 saturated carbocycles. The topological polar surface area (TPSA) is 69.0 Å². The van der Waals surface area contributed by atoms with E-state index in [1.54, 1.807) is 12.1 Å². The van der Waals surface area contributed by atoms with Gasteiger partial charge < -0.3 is 18.8 Å². The molecule has 0 bridgehead atoms. The number of ether oxygens (including phenoxy) is 2. The second kappa shape index (κ2) is 6.25. The molecule has 7 heteroatoms. The number of halogens is 1. The first-order chi connectivity index (χ1) is 10.6. The number of benzene rings is 1. The smallest absolute Gasteiger partial charge is 0.308 e. The normalized spacial score (nSPS) is 15.1. The van der Waals surface area contributed by atoms with Crippen molar-refractivity contribution in [2.45, 2.75) is 6.92 Å². The highest BCUT2D eigenvalue weighted by molar-refractivity contribution is 14.1. The molecule has 3 rings (SSSR count). The molecule has 2 heterocycles. The molecule has 1 aromatic heterocycles. The zero-order chi connectivity index (χ0) is 15.7. The fraction of sp³-hybridized carbons (Fsp3) is 0.333. The number of hydrogen-bond acceptors (Lipinski definition) is 6. The first kappa shape index (κ1) is 15.3. The fourth-order valence-electron chi connectivity index (χ4n) is 2.33. The van der Waals surface area contributed by atoms with Gasteiger partial charge >= 0.3 is 5.97 Å². The van der Waals surface area contributed by atoms with Crippen LogP contribution in [0.25, 0.3) is 11.0 Å². The van der Waals surface area contributed by atoms with Crippen molar-refractivity contribution >= 4 is 45.4 Å². The molecular weight excluding hydrogens is 401 g/mol. The molecule has 0 spiro atoms. The molecule has 0 N–H and O–H groups in total. The van der Waals surface area contributed by atoms with E-state index < -0.39 is 5.97 Å². The molecule has 1 aliphatic rings. The molecule has 0 atom stereocenters. The van der Waals surface area contributed by atoms with E-state index in [0.29, 0.717) is 52.5 Å². The Morgan fingerprint density at radius 2 is 2.05 bits per heavy atom. The fourth-order valence-corrected chi connectivity index (χ4v) is 3.02. The Morgan fingerprint density at radius 3 is 2.73 bits per heavy atom. The molecule has 0 radical (unpaired) electrons. The molecule has 1 aliphatic heterocycles. The van der Waals surface area contributed by atoms with Crippen molar-refractivity contribution in [3.8, 4) is 5.75 Å². The number of anilines is 1. The Morgan fingerprint density at radius 1 is 1.32 bits per heavy atom. The summed E-state index contributed by atoms with van der Waals surface area (Å²) in [6.07, 6.45) is 0. The van der Waals surface area contributed by atoms with Crippen LogP contribution < -0.4 is 15.1 Å². The van der Waals surface area contributed by atoms with Crippen molar-refractivity contribution in [1.29, 1.82) is 0 Å².